The van der Waals surface area contributed by atoms with E-state index in [0.717, 1.165) is 57.8 Å². The maximum atomic E-state index is 12.5. The van der Waals surface area contributed by atoms with Gasteiger partial charge < -0.3 is 20.1 Å². The fourth-order valence-electron chi connectivity index (χ4n) is 5.55. The molecule has 294 valence electrons. The van der Waals surface area contributed by atoms with Crippen molar-refractivity contribution in [2.45, 2.75) is 193 Å². The van der Waals surface area contributed by atoms with Crippen molar-refractivity contribution < 1.29 is 37.6 Å². The standard InChI is InChI=1S/C40H76NO8P/c1-3-5-7-9-11-13-15-17-19-21-23-25-27-29-31-33-40(43)49-38(37-48-50(44,45)47-35-34-41)36-46-39(42)32-30-28-26-24-22-20-18-16-14-12-10-8-6-4-2/h11,13,17,19,38H,3-10,12,14-16,18,20-37,41H2,1-2H3,(H,44,45)/b13-11-,19-17-. The van der Waals surface area contributed by atoms with Gasteiger partial charge in [-0.3, -0.25) is 18.6 Å². The summed E-state index contributed by atoms with van der Waals surface area (Å²) in [4.78, 5) is 34.8. The summed E-state index contributed by atoms with van der Waals surface area (Å²) in [6.07, 6.45) is 37.7. The second-order valence-electron chi connectivity index (χ2n) is 13.5. The monoisotopic (exact) mass is 730 g/mol. The number of hydrogen-bond acceptors (Lipinski definition) is 8. The van der Waals surface area contributed by atoms with Crippen LogP contribution in [-0.2, 0) is 32.7 Å². The zero-order valence-corrected chi connectivity index (χ0v) is 33.0. The first-order valence-electron chi connectivity index (χ1n) is 20.3. The first-order chi connectivity index (χ1) is 24.3. The molecular weight excluding hydrogens is 653 g/mol. The Morgan fingerprint density at radius 1 is 0.600 bits per heavy atom. The van der Waals surface area contributed by atoms with Crippen LogP contribution in [-0.4, -0.2) is 49.3 Å². The van der Waals surface area contributed by atoms with Gasteiger partial charge in [-0.1, -0.05) is 154 Å². The highest BCUT2D eigenvalue weighted by molar-refractivity contribution is 7.47. The average molecular weight is 730 g/mol. The van der Waals surface area contributed by atoms with E-state index in [2.05, 4.69) is 38.2 Å². The average Bonchev–Trinajstić information content (AvgIpc) is 3.10. The van der Waals surface area contributed by atoms with Crippen LogP contribution in [0.1, 0.15) is 187 Å². The molecule has 0 saturated carbocycles. The van der Waals surface area contributed by atoms with E-state index in [9.17, 15) is 19.0 Å². The van der Waals surface area contributed by atoms with Crippen LogP contribution in [0.25, 0.3) is 0 Å². The molecule has 9 nitrogen and oxygen atoms in total. The summed E-state index contributed by atoms with van der Waals surface area (Å²) in [7, 11) is -4.37. The van der Waals surface area contributed by atoms with Crippen molar-refractivity contribution in [1.82, 2.24) is 0 Å². The van der Waals surface area contributed by atoms with Crippen molar-refractivity contribution in [1.29, 1.82) is 0 Å². The highest BCUT2D eigenvalue weighted by Gasteiger charge is 2.26. The molecule has 0 aromatic carbocycles. The number of ether oxygens (including phenoxy) is 2. The van der Waals surface area contributed by atoms with Crippen LogP contribution in [0.4, 0.5) is 0 Å². The van der Waals surface area contributed by atoms with E-state index in [1.165, 1.54) is 96.3 Å². The number of allylic oxidation sites excluding steroid dienone is 4. The normalized spacial score (nSPS) is 13.6. The van der Waals surface area contributed by atoms with Crippen LogP contribution in [0, 0.1) is 0 Å². The molecule has 2 atom stereocenters. The third kappa shape index (κ3) is 36.3. The summed E-state index contributed by atoms with van der Waals surface area (Å²) in [5.74, 6) is -0.840. The van der Waals surface area contributed by atoms with Crippen molar-refractivity contribution >= 4 is 19.8 Å². The highest BCUT2D eigenvalue weighted by Crippen LogP contribution is 2.43. The zero-order chi connectivity index (χ0) is 36.8. The SMILES string of the molecule is CCCCC/C=C\C/C=C\CCCCCCCC(=O)OC(COC(=O)CCCCCCCCCCCCCCCC)COP(=O)(O)OCCN. The topological polar surface area (TPSA) is 134 Å². The van der Waals surface area contributed by atoms with Crippen LogP contribution in [0.15, 0.2) is 24.3 Å². The molecule has 0 spiro atoms. The fraction of sp³-hybridized carbons (Fsp3) is 0.850. The fourth-order valence-corrected chi connectivity index (χ4v) is 6.31. The van der Waals surface area contributed by atoms with Crippen LogP contribution in [0.3, 0.4) is 0 Å². The molecule has 0 saturated heterocycles. The molecule has 0 aromatic rings. The zero-order valence-electron chi connectivity index (χ0n) is 32.1. The smallest absolute Gasteiger partial charge is 0.462 e. The number of carbonyl (C=O) groups is 2. The number of phosphoric ester groups is 1. The van der Waals surface area contributed by atoms with Crippen LogP contribution in [0.5, 0.6) is 0 Å². The molecule has 0 bridgehead atoms. The molecule has 10 heteroatoms. The number of rotatable bonds is 38. The van der Waals surface area contributed by atoms with Gasteiger partial charge in [0.25, 0.3) is 0 Å². The highest BCUT2D eigenvalue weighted by atomic mass is 31.2. The summed E-state index contributed by atoms with van der Waals surface area (Å²) < 4.78 is 32.7. The predicted octanol–water partition coefficient (Wildman–Crippen LogP) is 11.2. The van der Waals surface area contributed by atoms with E-state index in [4.69, 9.17) is 24.3 Å². The lowest BCUT2D eigenvalue weighted by molar-refractivity contribution is -0.161. The van der Waals surface area contributed by atoms with Crippen molar-refractivity contribution in [3.8, 4) is 0 Å². The van der Waals surface area contributed by atoms with Gasteiger partial charge in [0, 0.05) is 19.4 Å². The molecule has 3 N–H and O–H groups in total. The van der Waals surface area contributed by atoms with Gasteiger partial charge in [-0.25, -0.2) is 4.57 Å². The number of hydrogen-bond donors (Lipinski definition) is 2. The number of phosphoric acid groups is 1. The Balaban J connectivity index is 4.20. The molecule has 0 fully saturated rings. The van der Waals surface area contributed by atoms with E-state index in [1.54, 1.807) is 0 Å². The molecule has 0 aliphatic heterocycles. The molecule has 0 aromatic heterocycles. The van der Waals surface area contributed by atoms with E-state index in [0.29, 0.717) is 6.42 Å². The Hall–Kier alpha value is -1.51. The minimum atomic E-state index is -4.37. The lowest BCUT2D eigenvalue weighted by Crippen LogP contribution is -2.29. The van der Waals surface area contributed by atoms with Crippen molar-refractivity contribution in [2.75, 3.05) is 26.4 Å². The maximum Gasteiger partial charge on any atom is 0.472 e. The summed E-state index contributed by atoms with van der Waals surface area (Å²) in [5.41, 5.74) is 5.34. The number of carbonyl (C=O) groups excluding carboxylic acids is 2. The molecule has 50 heavy (non-hydrogen) atoms. The minimum Gasteiger partial charge on any atom is -0.462 e. The molecule has 0 aliphatic rings. The largest absolute Gasteiger partial charge is 0.472 e. The van der Waals surface area contributed by atoms with Gasteiger partial charge in [0.05, 0.1) is 13.2 Å². The van der Waals surface area contributed by atoms with Gasteiger partial charge in [0.1, 0.15) is 6.61 Å². The van der Waals surface area contributed by atoms with E-state index in [-0.39, 0.29) is 38.6 Å². The van der Waals surface area contributed by atoms with Crippen LogP contribution >= 0.6 is 7.82 Å². The lowest BCUT2D eigenvalue weighted by atomic mass is 10.0. The minimum absolute atomic E-state index is 0.0523. The van der Waals surface area contributed by atoms with E-state index in [1.807, 2.05) is 0 Å². The number of esters is 2. The summed E-state index contributed by atoms with van der Waals surface area (Å²) >= 11 is 0. The molecule has 0 aliphatic carbocycles. The number of nitrogens with two attached hydrogens (primary N) is 1. The Labute approximate surface area is 306 Å². The van der Waals surface area contributed by atoms with Crippen molar-refractivity contribution in [3.63, 3.8) is 0 Å². The molecule has 0 amide bonds. The summed E-state index contributed by atoms with van der Waals surface area (Å²) in [5, 5.41) is 0. The third-order valence-electron chi connectivity index (χ3n) is 8.59. The molecule has 0 radical (unpaired) electrons. The Bertz CT molecular complexity index is 881. The Morgan fingerprint density at radius 3 is 1.56 bits per heavy atom. The van der Waals surface area contributed by atoms with Gasteiger partial charge in [0.2, 0.25) is 0 Å². The molecular formula is C40H76NO8P. The van der Waals surface area contributed by atoms with Gasteiger partial charge in [0.15, 0.2) is 6.10 Å². The third-order valence-corrected chi connectivity index (χ3v) is 9.57. The van der Waals surface area contributed by atoms with Gasteiger partial charge in [-0.2, -0.15) is 0 Å². The molecule has 2 unspecified atom stereocenters. The maximum absolute atomic E-state index is 12.5. The van der Waals surface area contributed by atoms with E-state index < -0.39 is 26.5 Å². The Morgan fingerprint density at radius 2 is 1.04 bits per heavy atom. The summed E-state index contributed by atoms with van der Waals surface area (Å²) in [6, 6.07) is 0. The quantitative estimate of drug-likeness (QED) is 0.0275. The summed E-state index contributed by atoms with van der Waals surface area (Å²) in [6.45, 7) is 3.69. The number of unbranched alkanes of at least 4 members (excludes halogenated alkanes) is 21. The van der Waals surface area contributed by atoms with Crippen LogP contribution < -0.4 is 5.73 Å². The van der Waals surface area contributed by atoms with Crippen molar-refractivity contribution in [3.05, 3.63) is 24.3 Å². The predicted molar refractivity (Wildman–Crippen MR) is 206 cm³/mol. The van der Waals surface area contributed by atoms with E-state index >= 15 is 0 Å². The van der Waals surface area contributed by atoms with Gasteiger partial charge >= 0.3 is 19.8 Å². The Kier molecular flexibility index (Phi) is 36.1. The first kappa shape index (κ1) is 48.5. The van der Waals surface area contributed by atoms with Gasteiger partial charge in [-0.05, 0) is 44.9 Å². The molecule has 0 heterocycles. The first-order valence-corrected chi connectivity index (χ1v) is 21.8. The second-order valence-corrected chi connectivity index (χ2v) is 15.0. The van der Waals surface area contributed by atoms with Gasteiger partial charge in [-0.15, -0.1) is 0 Å². The van der Waals surface area contributed by atoms with Crippen molar-refractivity contribution in [2.24, 2.45) is 5.73 Å². The second kappa shape index (κ2) is 37.3. The van der Waals surface area contributed by atoms with Crippen LogP contribution in [0.2, 0.25) is 0 Å². The lowest BCUT2D eigenvalue weighted by Gasteiger charge is -2.19. The molecule has 0 rings (SSSR count).